The van der Waals surface area contributed by atoms with Crippen molar-refractivity contribution in [1.29, 1.82) is 0 Å². The molecule has 1 aliphatic heterocycles. The van der Waals surface area contributed by atoms with E-state index in [2.05, 4.69) is 4.99 Å². The Morgan fingerprint density at radius 1 is 1.00 bits per heavy atom. The molecule has 0 saturated carbocycles. The van der Waals surface area contributed by atoms with Gasteiger partial charge in [-0.1, -0.05) is 42.5 Å². The van der Waals surface area contributed by atoms with Crippen molar-refractivity contribution in [1.82, 2.24) is 0 Å². The standard InChI is InChI=1S/C29H27NO7/c1-15(31)14-36-29(34)23-18(4)30-17(3)22(28(33)35-5)24(23)20-12-9-13-21-25(32)16(2)26(37-27(20)21)19-10-7-6-8-11-19/h6-13,22,24H,14H2,1-5H3. The Hall–Kier alpha value is -4.33. The number of allylic oxidation sites excluding steroid dienone is 1. The molecule has 8 heteroatoms. The second kappa shape index (κ2) is 10.3. The summed E-state index contributed by atoms with van der Waals surface area (Å²) < 4.78 is 16.7. The van der Waals surface area contributed by atoms with Crippen LogP contribution in [0.2, 0.25) is 0 Å². The zero-order valence-electron chi connectivity index (χ0n) is 21.3. The van der Waals surface area contributed by atoms with Crippen molar-refractivity contribution in [2.24, 2.45) is 10.9 Å². The van der Waals surface area contributed by atoms with Crippen LogP contribution < -0.4 is 5.43 Å². The van der Waals surface area contributed by atoms with Crippen LogP contribution in [0.5, 0.6) is 0 Å². The Balaban J connectivity index is 2.03. The van der Waals surface area contributed by atoms with Gasteiger partial charge in [0.2, 0.25) is 0 Å². The summed E-state index contributed by atoms with van der Waals surface area (Å²) in [4.78, 5) is 55.7. The fourth-order valence-corrected chi connectivity index (χ4v) is 4.76. The number of fused-ring (bicyclic) bond motifs is 1. The minimum atomic E-state index is -0.981. The highest BCUT2D eigenvalue weighted by Gasteiger charge is 2.43. The summed E-state index contributed by atoms with van der Waals surface area (Å²) >= 11 is 0. The lowest BCUT2D eigenvalue weighted by atomic mass is 9.75. The normalized spacial score (nSPS) is 17.4. The highest BCUT2D eigenvalue weighted by atomic mass is 16.5. The van der Waals surface area contributed by atoms with Crippen molar-refractivity contribution in [2.75, 3.05) is 13.7 Å². The molecular weight excluding hydrogens is 474 g/mol. The number of hydrogen-bond donors (Lipinski definition) is 0. The van der Waals surface area contributed by atoms with Gasteiger partial charge in [0.1, 0.15) is 23.9 Å². The van der Waals surface area contributed by atoms with Gasteiger partial charge in [0.05, 0.1) is 18.1 Å². The largest absolute Gasteiger partial charge is 0.468 e. The fourth-order valence-electron chi connectivity index (χ4n) is 4.76. The van der Waals surface area contributed by atoms with Crippen molar-refractivity contribution < 1.29 is 28.3 Å². The number of Topliss-reactive ketones (excluding diaryl/α,β-unsaturated/α-hetero) is 1. The van der Waals surface area contributed by atoms with Gasteiger partial charge in [-0.25, -0.2) is 4.79 Å². The van der Waals surface area contributed by atoms with E-state index in [1.54, 1.807) is 39.0 Å². The number of methoxy groups -OCH3 is 1. The van der Waals surface area contributed by atoms with Crippen LogP contribution in [0.15, 0.2) is 74.0 Å². The molecule has 0 spiro atoms. The number of carbonyl (C=O) groups excluding carboxylic acids is 3. The van der Waals surface area contributed by atoms with E-state index in [0.29, 0.717) is 39.2 Å². The Bertz CT molecular complexity index is 1530. The number of nitrogens with zero attached hydrogens (tertiary/aromatic N) is 1. The zero-order chi connectivity index (χ0) is 26.9. The number of para-hydroxylation sites is 1. The van der Waals surface area contributed by atoms with Crippen LogP contribution >= 0.6 is 0 Å². The van der Waals surface area contributed by atoms with Crippen LogP contribution in [0.25, 0.3) is 22.3 Å². The summed E-state index contributed by atoms with van der Waals surface area (Å²) in [6.07, 6.45) is 0. The molecule has 8 nitrogen and oxygen atoms in total. The molecule has 0 bridgehead atoms. The zero-order valence-corrected chi connectivity index (χ0v) is 21.3. The Morgan fingerprint density at radius 2 is 1.70 bits per heavy atom. The van der Waals surface area contributed by atoms with E-state index in [9.17, 15) is 19.2 Å². The first-order chi connectivity index (χ1) is 17.6. The summed E-state index contributed by atoms with van der Waals surface area (Å²) in [6, 6.07) is 14.3. The van der Waals surface area contributed by atoms with Gasteiger partial charge in [0.15, 0.2) is 11.2 Å². The number of carbonyl (C=O) groups is 3. The lowest BCUT2D eigenvalue weighted by Gasteiger charge is -2.31. The molecule has 1 aromatic heterocycles. The lowest BCUT2D eigenvalue weighted by Crippen LogP contribution is -2.36. The van der Waals surface area contributed by atoms with E-state index in [-0.39, 0.29) is 22.4 Å². The molecule has 0 radical (unpaired) electrons. The van der Waals surface area contributed by atoms with Crippen LogP contribution in [0.4, 0.5) is 0 Å². The maximum absolute atomic E-state index is 13.4. The average molecular weight is 502 g/mol. The third-order valence-corrected chi connectivity index (χ3v) is 6.46. The topological polar surface area (TPSA) is 112 Å². The molecule has 2 unspecified atom stereocenters. The molecule has 1 aliphatic rings. The van der Waals surface area contributed by atoms with E-state index in [1.165, 1.54) is 14.0 Å². The highest BCUT2D eigenvalue weighted by Crippen LogP contribution is 2.43. The number of benzene rings is 2. The number of ether oxygens (including phenoxy) is 2. The molecule has 2 heterocycles. The van der Waals surface area contributed by atoms with Crippen LogP contribution in [0.1, 0.15) is 37.8 Å². The van der Waals surface area contributed by atoms with Gasteiger partial charge in [-0.05, 0) is 33.8 Å². The maximum Gasteiger partial charge on any atom is 0.336 e. The van der Waals surface area contributed by atoms with Gasteiger partial charge >= 0.3 is 11.9 Å². The van der Waals surface area contributed by atoms with E-state index >= 15 is 0 Å². The van der Waals surface area contributed by atoms with E-state index in [0.717, 1.165) is 0 Å². The van der Waals surface area contributed by atoms with Crippen LogP contribution in [-0.2, 0) is 23.9 Å². The van der Waals surface area contributed by atoms with Crippen molar-refractivity contribution in [3.63, 3.8) is 0 Å². The van der Waals surface area contributed by atoms with Crippen molar-refractivity contribution in [3.05, 3.63) is 81.2 Å². The van der Waals surface area contributed by atoms with Gasteiger partial charge in [-0.3, -0.25) is 19.4 Å². The summed E-state index contributed by atoms with van der Waals surface area (Å²) in [5, 5.41) is 0.313. The molecule has 3 aromatic rings. The summed E-state index contributed by atoms with van der Waals surface area (Å²) in [5.41, 5.74) is 2.49. The van der Waals surface area contributed by atoms with Gasteiger partial charge < -0.3 is 13.9 Å². The summed E-state index contributed by atoms with van der Waals surface area (Å²) in [6.45, 7) is 5.89. The van der Waals surface area contributed by atoms with Gasteiger partial charge in [-0.15, -0.1) is 0 Å². The van der Waals surface area contributed by atoms with Crippen molar-refractivity contribution in [3.8, 4) is 11.3 Å². The summed E-state index contributed by atoms with van der Waals surface area (Å²) in [5.74, 6) is -3.23. The van der Waals surface area contributed by atoms with Gasteiger partial charge in [-0.2, -0.15) is 0 Å². The van der Waals surface area contributed by atoms with Crippen molar-refractivity contribution >= 4 is 34.4 Å². The Labute approximate surface area is 213 Å². The second-order valence-corrected chi connectivity index (χ2v) is 8.98. The van der Waals surface area contributed by atoms with Crippen molar-refractivity contribution in [2.45, 2.75) is 33.6 Å². The molecule has 2 aromatic carbocycles. The number of rotatable bonds is 6. The minimum Gasteiger partial charge on any atom is -0.468 e. The highest BCUT2D eigenvalue weighted by molar-refractivity contribution is 6.08. The second-order valence-electron chi connectivity index (χ2n) is 8.98. The summed E-state index contributed by atoms with van der Waals surface area (Å²) in [7, 11) is 1.26. The van der Waals surface area contributed by atoms with Crippen LogP contribution in [-0.4, -0.2) is 37.2 Å². The van der Waals surface area contributed by atoms with Crippen LogP contribution in [0.3, 0.4) is 0 Å². The fraction of sp³-hybridized carbons (Fsp3) is 0.276. The van der Waals surface area contributed by atoms with E-state index < -0.39 is 30.4 Å². The predicted molar refractivity (Wildman–Crippen MR) is 138 cm³/mol. The van der Waals surface area contributed by atoms with E-state index in [4.69, 9.17) is 13.9 Å². The number of hydrogen-bond acceptors (Lipinski definition) is 8. The smallest absolute Gasteiger partial charge is 0.336 e. The third-order valence-electron chi connectivity index (χ3n) is 6.46. The Kier molecular flexibility index (Phi) is 7.20. The molecule has 37 heavy (non-hydrogen) atoms. The predicted octanol–water partition coefficient (Wildman–Crippen LogP) is 4.52. The molecule has 0 amide bonds. The molecule has 0 saturated heterocycles. The van der Waals surface area contributed by atoms with Crippen LogP contribution in [0, 0.1) is 12.8 Å². The number of aliphatic imine (C=N–C) groups is 1. The number of ketones is 1. The molecule has 2 atom stereocenters. The molecule has 0 fully saturated rings. The van der Waals surface area contributed by atoms with E-state index in [1.807, 2.05) is 30.3 Å². The first-order valence-electron chi connectivity index (χ1n) is 11.8. The first kappa shape index (κ1) is 25.8. The molecule has 4 rings (SSSR count). The Morgan fingerprint density at radius 3 is 2.35 bits per heavy atom. The SMILES string of the molecule is COC(=O)C1C(C)=NC(C)=C(C(=O)OCC(C)=O)C1c1cccc2c(=O)c(C)c(-c3ccccc3)oc12. The monoisotopic (exact) mass is 501 g/mol. The molecular formula is C29H27NO7. The van der Waals surface area contributed by atoms with Gasteiger partial charge in [0.25, 0.3) is 0 Å². The number of esters is 2. The quantitative estimate of drug-likeness (QED) is 0.456. The minimum absolute atomic E-state index is 0.0965. The van der Waals surface area contributed by atoms with Gasteiger partial charge in [0, 0.05) is 34.0 Å². The molecule has 0 aliphatic carbocycles. The molecule has 190 valence electrons. The first-order valence-corrected chi connectivity index (χ1v) is 11.8. The maximum atomic E-state index is 13.4. The third kappa shape index (κ3) is 4.74. The average Bonchev–Trinajstić information content (AvgIpc) is 2.88. The lowest BCUT2D eigenvalue weighted by molar-refractivity contribution is -0.145. The molecule has 0 N–H and O–H groups in total.